The number of rotatable bonds is 4. The van der Waals surface area contributed by atoms with Crippen LogP contribution in [-0.4, -0.2) is 50.6 Å². The van der Waals surface area contributed by atoms with Crippen LogP contribution in [0.2, 0.25) is 0 Å². The summed E-state index contributed by atoms with van der Waals surface area (Å²) < 4.78 is 40.3. The molecule has 0 bridgehead atoms. The molecule has 1 aromatic rings. The minimum Gasteiger partial charge on any atom is -0.478 e. The first-order valence-electron chi connectivity index (χ1n) is 6.03. The third-order valence-electron chi connectivity index (χ3n) is 3.18. The molecule has 0 radical (unpaired) electrons. The van der Waals surface area contributed by atoms with Crippen LogP contribution in [0.25, 0.3) is 0 Å². The number of hydrogen-bond donors (Lipinski definition) is 2. The van der Waals surface area contributed by atoms with E-state index >= 15 is 0 Å². The molecule has 8 heteroatoms. The molecular formula is C12H15FN2O4S. The third kappa shape index (κ3) is 3.14. The van der Waals surface area contributed by atoms with Crippen molar-refractivity contribution in [2.24, 2.45) is 0 Å². The zero-order valence-corrected chi connectivity index (χ0v) is 11.7. The molecule has 0 spiro atoms. The molecule has 1 atom stereocenters. The molecule has 1 heterocycles. The Morgan fingerprint density at radius 3 is 2.75 bits per heavy atom. The number of benzene rings is 1. The first-order valence-corrected chi connectivity index (χ1v) is 7.51. The van der Waals surface area contributed by atoms with Gasteiger partial charge in [-0.3, -0.25) is 0 Å². The number of aromatic carboxylic acids is 1. The topological polar surface area (TPSA) is 86.7 Å². The van der Waals surface area contributed by atoms with Gasteiger partial charge in [-0.05, 0) is 38.2 Å². The van der Waals surface area contributed by atoms with Gasteiger partial charge in [-0.15, -0.1) is 0 Å². The van der Waals surface area contributed by atoms with Gasteiger partial charge in [-0.2, -0.15) is 0 Å². The van der Waals surface area contributed by atoms with Crippen molar-refractivity contribution < 1.29 is 22.7 Å². The summed E-state index contributed by atoms with van der Waals surface area (Å²) in [6, 6.07) is 2.41. The predicted molar refractivity (Wildman–Crippen MR) is 69.6 cm³/mol. The molecule has 110 valence electrons. The summed E-state index contributed by atoms with van der Waals surface area (Å²) in [6.45, 7) is 1.30. The summed E-state index contributed by atoms with van der Waals surface area (Å²) in [5.41, 5.74) is -0.268. The van der Waals surface area contributed by atoms with Gasteiger partial charge in [0.25, 0.3) is 0 Å². The third-order valence-corrected chi connectivity index (χ3v) is 4.72. The first kappa shape index (κ1) is 14.9. The SMILES string of the molecule is CN1CCC(NS(=O)(=O)c2cc(C(=O)O)ccc2F)C1. The standard InChI is InChI=1S/C12H15FN2O4S/c1-15-5-4-9(7-15)14-20(18,19)11-6-8(12(16)17)2-3-10(11)13/h2-3,6,9,14H,4-5,7H2,1H3,(H,16,17). The van der Waals surface area contributed by atoms with Crippen LogP contribution in [0.15, 0.2) is 23.1 Å². The molecule has 0 aliphatic carbocycles. The van der Waals surface area contributed by atoms with Gasteiger partial charge in [0.05, 0.1) is 5.56 Å². The van der Waals surface area contributed by atoms with E-state index in [-0.39, 0.29) is 11.6 Å². The van der Waals surface area contributed by atoms with Crippen LogP contribution in [0.5, 0.6) is 0 Å². The maximum atomic E-state index is 13.7. The van der Waals surface area contributed by atoms with Crippen molar-refractivity contribution in [3.8, 4) is 0 Å². The van der Waals surface area contributed by atoms with Crippen LogP contribution in [0.3, 0.4) is 0 Å². The quantitative estimate of drug-likeness (QED) is 0.846. The molecule has 1 unspecified atom stereocenters. The number of halogens is 1. The molecule has 1 fully saturated rings. The average Bonchev–Trinajstić information content (AvgIpc) is 2.73. The summed E-state index contributed by atoms with van der Waals surface area (Å²) in [5.74, 6) is -2.27. The Hall–Kier alpha value is -1.51. The van der Waals surface area contributed by atoms with Crippen molar-refractivity contribution in [2.45, 2.75) is 17.4 Å². The molecule has 1 aliphatic rings. The van der Waals surface area contributed by atoms with Crippen molar-refractivity contribution in [2.75, 3.05) is 20.1 Å². The van der Waals surface area contributed by atoms with E-state index in [0.29, 0.717) is 13.0 Å². The Labute approximate surface area is 116 Å². The molecule has 1 aliphatic heterocycles. The molecule has 6 nitrogen and oxygen atoms in total. The Bertz CT molecular complexity index is 632. The molecule has 0 saturated carbocycles. The van der Waals surface area contributed by atoms with Crippen molar-refractivity contribution in [3.05, 3.63) is 29.6 Å². The van der Waals surface area contributed by atoms with E-state index in [2.05, 4.69) is 4.72 Å². The van der Waals surface area contributed by atoms with Gasteiger partial charge >= 0.3 is 5.97 Å². The molecule has 1 saturated heterocycles. The Balaban J connectivity index is 2.29. The lowest BCUT2D eigenvalue weighted by Gasteiger charge is -2.14. The second kappa shape index (κ2) is 5.47. The van der Waals surface area contributed by atoms with Gasteiger partial charge in [-0.25, -0.2) is 22.3 Å². The van der Waals surface area contributed by atoms with Crippen molar-refractivity contribution >= 4 is 16.0 Å². The summed E-state index contributed by atoms with van der Waals surface area (Å²) in [4.78, 5) is 12.2. The largest absolute Gasteiger partial charge is 0.478 e. The van der Waals surface area contributed by atoms with E-state index in [1.54, 1.807) is 0 Å². The van der Waals surface area contributed by atoms with E-state index in [9.17, 15) is 17.6 Å². The number of hydrogen-bond acceptors (Lipinski definition) is 4. The van der Waals surface area contributed by atoms with Gasteiger partial charge in [0, 0.05) is 12.6 Å². The fourth-order valence-electron chi connectivity index (χ4n) is 2.16. The predicted octanol–water partition coefficient (Wildman–Crippen LogP) is 0.506. The lowest BCUT2D eigenvalue weighted by Crippen LogP contribution is -2.36. The zero-order valence-electron chi connectivity index (χ0n) is 10.8. The number of carboxylic acid groups (broad SMARTS) is 1. The summed E-state index contributed by atoms with van der Waals surface area (Å²) in [7, 11) is -2.21. The van der Waals surface area contributed by atoms with Crippen molar-refractivity contribution in [1.29, 1.82) is 0 Å². The zero-order chi connectivity index (χ0) is 14.9. The molecular weight excluding hydrogens is 287 g/mol. The first-order chi connectivity index (χ1) is 9.29. The fraction of sp³-hybridized carbons (Fsp3) is 0.417. The number of nitrogens with one attached hydrogen (secondary N) is 1. The molecule has 0 aromatic heterocycles. The summed E-state index contributed by atoms with van der Waals surface area (Å²) in [5, 5.41) is 8.84. The Morgan fingerprint density at radius 1 is 1.50 bits per heavy atom. The highest BCUT2D eigenvalue weighted by molar-refractivity contribution is 7.89. The van der Waals surface area contributed by atoms with E-state index in [0.717, 1.165) is 24.7 Å². The number of carboxylic acids is 1. The molecule has 2 N–H and O–H groups in total. The van der Waals surface area contributed by atoms with Gasteiger partial charge in [0.2, 0.25) is 10.0 Å². The maximum absolute atomic E-state index is 13.7. The Kier molecular flexibility index (Phi) is 4.07. The van der Waals surface area contributed by atoms with E-state index in [1.165, 1.54) is 0 Å². The second-order valence-corrected chi connectivity index (χ2v) is 6.50. The number of likely N-dealkylation sites (tertiary alicyclic amines) is 1. The van der Waals surface area contributed by atoms with Crippen molar-refractivity contribution in [3.63, 3.8) is 0 Å². The Morgan fingerprint density at radius 2 is 2.20 bits per heavy atom. The number of likely N-dealkylation sites (N-methyl/N-ethyl adjacent to an activating group) is 1. The number of carbonyl (C=O) groups is 1. The smallest absolute Gasteiger partial charge is 0.335 e. The maximum Gasteiger partial charge on any atom is 0.335 e. The monoisotopic (exact) mass is 302 g/mol. The molecule has 1 aromatic carbocycles. The number of sulfonamides is 1. The van der Waals surface area contributed by atoms with Crippen LogP contribution >= 0.6 is 0 Å². The van der Waals surface area contributed by atoms with Crippen LogP contribution in [0.1, 0.15) is 16.8 Å². The van der Waals surface area contributed by atoms with E-state index < -0.39 is 26.7 Å². The molecule has 2 rings (SSSR count). The summed E-state index contributed by atoms with van der Waals surface area (Å²) >= 11 is 0. The van der Waals surface area contributed by atoms with Crippen LogP contribution in [0.4, 0.5) is 4.39 Å². The second-order valence-electron chi connectivity index (χ2n) is 4.82. The van der Waals surface area contributed by atoms with Crippen LogP contribution < -0.4 is 4.72 Å². The van der Waals surface area contributed by atoms with Gasteiger partial charge in [0.1, 0.15) is 10.7 Å². The minimum atomic E-state index is -4.07. The molecule has 0 amide bonds. The van der Waals surface area contributed by atoms with Crippen LogP contribution in [-0.2, 0) is 10.0 Å². The van der Waals surface area contributed by atoms with E-state index in [4.69, 9.17) is 5.11 Å². The highest BCUT2D eigenvalue weighted by Gasteiger charge is 2.27. The lowest BCUT2D eigenvalue weighted by atomic mass is 10.2. The fourth-order valence-corrected chi connectivity index (χ4v) is 3.52. The molecule has 20 heavy (non-hydrogen) atoms. The highest BCUT2D eigenvalue weighted by Crippen LogP contribution is 2.18. The highest BCUT2D eigenvalue weighted by atomic mass is 32.2. The van der Waals surface area contributed by atoms with Crippen LogP contribution in [0, 0.1) is 5.82 Å². The summed E-state index contributed by atoms with van der Waals surface area (Å²) in [6.07, 6.45) is 0.635. The van der Waals surface area contributed by atoms with Gasteiger partial charge in [0.15, 0.2) is 0 Å². The minimum absolute atomic E-state index is 0.268. The van der Waals surface area contributed by atoms with E-state index in [1.807, 2.05) is 11.9 Å². The normalized spacial score (nSPS) is 20.2. The average molecular weight is 302 g/mol. The van der Waals surface area contributed by atoms with Crippen molar-refractivity contribution in [1.82, 2.24) is 9.62 Å². The van der Waals surface area contributed by atoms with Gasteiger partial charge in [-0.1, -0.05) is 0 Å². The number of nitrogens with zero attached hydrogens (tertiary/aromatic N) is 1. The van der Waals surface area contributed by atoms with Gasteiger partial charge < -0.3 is 10.0 Å². The lowest BCUT2D eigenvalue weighted by molar-refractivity contribution is 0.0696.